The molecule has 0 fully saturated rings. The molecule has 0 unspecified atom stereocenters. The number of rotatable bonds is 7. The van der Waals surface area contributed by atoms with Crippen molar-refractivity contribution in [3.8, 4) is 11.5 Å². The van der Waals surface area contributed by atoms with Crippen LogP contribution < -0.4 is 14.8 Å². The van der Waals surface area contributed by atoms with Gasteiger partial charge in [-0.2, -0.15) is 0 Å². The van der Waals surface area contributed by atoms with Gasteiger partial charge < -0.3 is 19.5 Å². The SMILES string of the molecule is COc1cc(Br)c([C@H]2C(C(=O)OCCc3ccccc3)=C(C)NC3=C2C(=O)CCC3)cc1OC. The first-order chi connectivity index (χ1) is 16.4. The van der Waals surface area contributed by atoms with E-state index in [4.69, 9.17) is 14.2 Å². The number of hydrogen-bond acceptors (Lipinski definition) is 6. The quantitative estimate of drug-likeness (QED) is 0.499. The summed E-state index contributed by atoms with van der Waals surface area (Å²) in [6, 6.07) is 13.5. The molecule has 2 aliphatic rings. The second-order valence-electron chi connectivity index (χ2n) is 8.37. The van der Waals surface area contributed by atoms with Crippen LogP contribution in [0.25, 0.3) is 0 Å². The minimum Gasteiger partial charge on any atom is -0.493 e. The third-order valence-electron chi connectivity index (χ3n) is 6.28. The molecular formula is C27H28BrNO5. The van der Waals surface area contributed by atoms with E-state index in [1.807, 2.05) is 43.3 Å². The predicted molar refractivity (Wildman–Crippen MR) is 133 cm³/mol. The number of hydrogen-bond donors (Lipinski definition) is 1. The number of methoxy groups -OCH3 is 2. The van der Waals surface area contributed by atoms with E-state index in [2.05, 4.69) is 21.2 Å². The lowest BCUT2D eigenvalue weighted by Crippen LogP contribution is -2.34. The fraction of sp³-hybridized carbons (Fsp3) is 0.333. The van der Waals surface area contributed by atoms with E-state index in [-0.39, 0.29) is 12.4 Å². The highest BCUT2D eigenvalue weighted by Gasteiger charge is 2.40. The van der Waals surface area contributed by atoms with Crippen molar-refractivity contribution >= 4 is 27.7 Å². The molecule has 1 N–H and O–H groups in total. The van der Waals surface area contributed by atoms with E-state index in [0.29, 0.717) is 41.2 Å². The predicted octanol–water partition coefficient (Wildman–Crippen LogP) is 5.22. The maximum Gasteiger partial charge on any atom is 0.336 e. The smallest absolute Gasteiger partial charge is 0.336 e. The Morgan fingerprint density at radius 3 is 2.50 bits per heavy atom. The molecule has 7 heteroatoms. The number of benzene rings is 2. The molecule has 2 aromatic rings. The summed E-state index contributed by atoms with van der Waals surface area (Å²) in [6.45, 7) is 2.11. The van der Waals surface area contributed by atoms with Crippen LogP contribution >= 0.6 is 15.9 Å². The lowest BCUT2D eigenvalue weighted by molar-refractivity contribution is -0.139. The molecule has 1 atom stereocenters. The second kappa shape index (κ2) is 10.5. The molecule has 0 saturated heterocycles. The molecule has 1 aliphatic heterocycles. The van der Waals surface area contributed by atoms with Crippen molar-refractivity contribution in [3.63, 3.8) is 0 Å². The number of allylic oxidation sites excluding steroid dienone is 3. The van der Waals surface area contributed by atoms with Crippen molar-refractivity contribution < 1.29 is 23.8 Å². The Morgan fingerprint density at radius 1 is 1.09 bits per heavy atom. The summed E-state index contributed by atoms with van der Waals surface area (Å²) in [7, 11) is 3.13. The molecule has 178 valence electrons. The standard InChI is InChI=1S/C27H28BrNO5/c1-16-24(27(31)34-13-12-17-8-5-4-6-9-17)25(26-20(29-16)10-7-11-21(26)30)18-14-22(32-2)23(33-3)15-19(18)28/h4-6,8-9,14-15,25,29H,7,10-13H2,1-3H3/t25-/m0/s1. The van der Waals surface area contributed by atoms with Gasteiger partial charge in [0.25, 0.3) is 0 Å². The molecule has 4 rings (SSSR count). The van der Waals surface area contributed by atoms with Crippen LogP contribution in [0.3, 0.4) is 0 Å². The number of carbonyl (C=O) groups is 2. The first kappa shape index (κ1) is 24.1. The molecular weight excluding hydrogens is 498 g/mol. The summed E-state index contributed by atoms with van der Waals surface area (Å²) in [4.78, 5) is 26.6. The van der Waals surface area contributed by atoms with Gasteiger partial charge in [0.05, 0.1) is 26.4 Å². The molecule has 0 amide bonds. The van der Waals surface area contributed by atoms with Gasteiger partial charge in [-0.05, 0) is 43.0 Å². The second-order valence-corrected chi connectivity index (χ2v) is 9.22. The molecule has 0 spiro atoms. The Bertz CT molecular complexity index is 1170. The average Bonchev–Trinajstić information content (AvgIpc) is 2.83. The molecule has 1 heterocycles. The van der Waals surface area contributed by atoms with Gasteiger partial charge in [0, 0.05) is 40.2 Å². The average molecular weight is 526 g/mol. The van der Waals surface area contributed by atoms with Crippen molar-refractivity contribution in [2.75, 3.05) is 20.8 Å². The van der Waals surface area contributed by atoms with Crippen LogP contribution in [0.1, 0.15) is 43.2 Å². The lowest BCUT2D eigenvalue weighted by Gasteiger charge is -2.34. The highest BCUT2D eigenvalue weighted by molar-refractivity contribution is 9.10. The number of ketones is 1. The number of esters is 1. The highest BCUT2D eigenvalue weighted by Crippen LogP contribution is 2.47. The van der Waals surface area contributed by atoms with E-state index in [0.717, 1.165) is 34.1 Å². The molecule has 0 saturated carbocycles. The van der Waals surface area contributed by atoms with Crippen molar-refractivity contribution in [2.24, 2.45) is 0 Å². The summed E-state index contributed by atoms with van der Waals surface area (Å²) in [5.41, 5.74) is 4.49. The van der Waals surface area contributed by atoms with Gasteiger partial charge in [0.2, 0.25) is 0 Å². The molecule has 2 aromatic carbocycles. The Morgan fingerprint density at radius 2 is 1.79 bits per heavy atom. The van der Waals surface area contributed by atoms with Crippen molar-refractivity contribution in [2.45, 2.75) is 38.5 Å². The van der Waals surface area contributed by atoms with Crippen LogP contribution in [0.15, 0.2) is 69.5 Å². The number of Topliss-reactive ketones (excluding diaryl/α,β-unsaturated/α-hetero) is 1. The van der Waals surface area contributed by atoms with Crippen molar-refractivity contribution in [1.29, 1.82) is 0 Å². The van der Waals surface area contributed by atoms with E-state index in [9.17, 15) is 9.59 Å². The van der Waals surface area contributed by atoms with E-state index < -0.39 is 11.9 Å². The van der Waals surface area contributed by atoms with Crippen LogP contribution in [-0.4, -0.2) is 32.6 Å². The maximum absolute atomic E-state index is 13.4. The number of carbonyl (C=O) groups excluding carboxylic acids is 2. The van der Waals surface area contributed by atoms with Crippen molar-refractivity contribution in [1.82, 2.24) is 5.32 Å². The topological polar surface area (TPSA) is 73.9 Å². The third kappa shape index (κ3) is 4.75. The number of nitrogens with one attached hydrogen (secondary N) is 1. The van der Waals surface area contributed by atoms with Gasteiger partial charge in [-0.3, -0.25) is 4.79 Å². The van der Waals surface area contributed by atoms with Gasteiger partial charge in [-0.1, -0.05) is 46.3 Å². The zero-order valence-corrected chi connectivity index (χ0v) is 21.2. The van der Waals surface area contributed by atoms with E-state index in [1.54, 1.807) is 20.3 Å². The summed E-state index contributed by atoms with van der Waals surface area (Å²) >= 11 is 3.64. The van der Waals surface area contributed by atoms with Gasteiger partial charge in [-0.15, -0.1) is 0 Å². The summed E-state index contributed by atoms with van der Waals surface area (Å²) < 4.78 is 17.4. The van der Waals surface area contributed by atoms with Crippen LogP contribution in [0, 0.1) is 0 Å². The zero-order chi connectivity index (χ0) is 24.2. The molecule has 6 nitrogen and oxygen atoms in total. The first-order valence-electron chi connectivity index (χ1n) is 11.3. The molecule has 0 aromatic heterocycles. The van der Waals surface area contributed by atoms with Gasteiger partial charge in [0.15, 0.2) is 17.3 Å². The third-order valence-corrected chi connectivity index (χ3v) is 6.96. The van der Waals surface area contributed by atoms with Crippen LogP contribution in [0.5, 0.6) is 11.5 Å². The zero-order valence-electron chi connectivity index (χ0n) is 19.6. The summed E-state index contributed by atoms with van der Waals surface area (Å²) in [5.74, 6) is 0.130. The molecule has 34 heavy (non-hydrogen) atoms. The summed E-state index contributed by atoms with van der Waals surface area (Å²) in [6.07, 6.45) is 2.62. The van der Waals surface area contributed by atoms with Crippen LogP contribution in [0.4, 0.5) is 0 Å². The maximum atomic E-state index is 13.4. The fourth-order valence-corrected chi connectivity index (χ4v) is 5.19. The lowest BCUT2D eigenvalue weighted by atomic mass is 9.75. The minimum atomic E-state index is -0.567. The summed E-state index contributed by atoms with van der Waals surface area (Å²) in [5, 5.41) is 3.32. The number of dihydropyridines is 1. The fourth-order valence-electron chi connectivity index (χ4n) is 4.64. The van der Waals surface area contributed by atoms with Gasteiger partial charge in [0.1, 0.15) is 0 Å². The largest absolute Gasteiger partial charge is 0.493 e. The Kier molecular flexibility index (Phi) is 7.41. The Labute approximate surface area is 208 Å². The van der Waals surface area contributed by atoms with Crippen LogP contribution in [-0.2, 0) is 20.7 Å². The first-order valence-corrected chi connectivity index (χ1v) is 12.1. The Balaban J connectivity index is 1.72. The highest BCUT2D eigenvalue weighted by atomic mass is 79.9. The minimum absolute atomic E-state index is 0.0440. The van der Waals surface area contributed by atoms with Gasteiger partial charge >= 0.3 is 5.97 Å². The van der Waals surface area contributed by atoms with Gasteiger partial charge in [-0.25, -0.2) is 4.79 Å². The monoisotopic (exact) mass is 525 g/mol. The normalized spacial score (nSPS) is 17.8. The molecule has 0 radical (unpaired) electrons. The number of halogens is 1. The van der Waals surface area contributed by atoms with Crippen LogP contribution in [0.2, 0.25) is 0 Å². The number of ether oxygens (including phenoxy) is 3. The van der Waals surface area contributed by atoms with E-state index in [1.165, 1.54) is 0 Å². The van der Waals surface area contributed by atoms with Crippen molar-refractivity contribution in [3.05, 3.63) is 80.6 Å². The van der Waals surface area contributed by atoms with E-state index >= 15 is 0 Å². The Hall–Kier alpha value is -3.06. The molecule has 0 bridgehead atoms. The molecule has 1 aliphatic carbocycles.